The molecule has 6 heteroatoms. The third-order valence-electron chi connectivity index (χ3n) is 2.44. The Balaban J connectivity index is 2.30. The Hall–Kier alpha value is -0.850. The lowest BCUT2D eigenvalue weighted by Crippen LogP contribution is -2.14. The molecule has 0 fully saturated rings. The first-order valence-electron chi connectivity index (χ1n) is 5.29. The molecule has 0 bridgehead atoms. The van der Waals surface area contributed by atoms with Gasteiger partial charge in [0.05, 0.1) is 11.3 Å². The summed E-state index contributed by atoms with van der Waals surface area (Å²) in [5.74, 6) is -0.252. The molecule has 0 aromatic heterocycles. The molecule has 0 saturated carbocycles. The minimum Gasteiger partial charge on any atom is -0.398 e. The molecule has 0 unspecified atom stereocenters. The Bertz CT molecular complexity index is 644. The first-order valence-corrected chi connectivity index (χ1v) is 7.66. The fraction of sp³-hybridized carbons (Fsp3) is 0. The fourth-order valence-electron chi connectivity index (χ4n) is 1.51. The maximum absolute atomic E-state index is 12.2. The van der Waals surface area contributed by atoms with E-state index in [-0.39, 0.29) is 5.91 Å². The van der Waals surface area contributed by atoms with Crippen LogP contribution >= 0.6 is 47.8 Å². The van der Waals surface area contributed by atoms with E-state index in [1.165, 1.54) is 0 Å². The van der Waals surface area contributed by atoms with Crippen molar-refractivity contribution in [3.05, 3.63) is 55.4 Å². The minimum atomic E-state index is -0.252. The second-order valence-corrected chi connectivity index (χ2v) is 6.50. The van der Waals surface area contributed by atoms with Crippen molar-refractivity contribution in [2.75, 3.05) is 11.1 Å². The van der Waals surface area contributed by atoms with Crippen LogP contribution in [0.1, 0.15) is 10.4 Å². The standard InChI is InChI=1S/C13H9Br3N2O/c14-7-2-4-11(17)9(5-7)13(19)18-12-6-8(15)1-3-10(12)16/h1-6H,17H2,(H,18,19). The molecule has 3 N–H and O–H groups in total. The monoisotopic (exact) mass is 446 g/mol. The van der Waals surface area contributed by atoms with Gasteiger partial charge in [0.2, 0.25) is 0 Å². The average Bonchev–Trinajstić information content (AvgIpc) is 2.36. The molecule has 0 radical (unpaired) electrons. The second kappa shape index (κ2) is 6.07. The van der Waals surface area contributed by atoms with Crippen molar-refractivity contribution in [2.45, 2.75) is 0 Å². The van der Waals surface area contributed by atoms with Gasteiger partial charge in [-0.3, -0.25) is 4.79 Å². The molecule has 0 aliphatic rings. The molecule has 0 heterocycles. The number of benzene rings is 2. The highest BCUT2D eigenvalue weighted by Gasteiger charge is 2.12. The average molecular weight is 449 g/mol. The fourth-order valence-corrected chi connectivity index (χ4v) is 2.58. The van der Waals surface area contributed by atoms with E-state index in [4.69, 9.17) is 5.73 Å². The predicted octanol–water partition coefficient (Wildman–Crippen LogP) is 4.81. The van der Waals surface area contributed by atoms with Crippen molar-refractivity contribution >= 4 is 65.1 Å². The molecule has 2 rings (SSSR count). The number of nitrogen functional groups attached to an aromatic ring is 1. The third-order valence-corrected chi connectivity index (χ3v) is 4.11. The van der Waals surface area contributed by atoms with E-state index in [9.17, 15) is 4.79 Å². The van der Waals surface area contributed by atoms with E-state index >= 15 is 0 Å². The Morgan fingerprint density at radius 1 is 1.00 bits per heavy atom. The molecule has 0 aliphatic heterocycles. The van der Waals surface area contributed by atoms with Gasteiger partial charge in [0, 0.05) is 19.1 Å². The Morgan fingerprint density at radius 2 is 1.63 bits per heavy atom. The predicted molar refractivity (Wildman–Crippen MR) is 88.3 cm³/mol. The van der Waals surface area contributed by atoms with E-state index in [1.54, 1.807) is 18.2 Å². The number of halogens is 3. The molecular formula is C13H9Br3N2O. The van der Waals surface area contributed by atoms with Gasteiger partial charge in [-0.2, -0.15) is 0 Å². The summed E-state index contributed by atoms with van der Waals surface area (Å²) in [6, 6.07) is 10.7. The Labute approximate surface area is 136 Å². The number of hydrogen-bond acceptors (Lipinski definition) is 2. The summed E-state index contributed by atoms with van der Waals surface area (Å²) in [5, 5.41) is 2.82. The smallest absolute Gasteiger partial charge is 0.257 e. The van der Waals surface area contributed by atoms with Crippen molar-refractivity contribution in [1.29, 1.82) is 0 Å². The van der Waals surface area contributed by atoms with Gasteiger partial charge < -0.3 is 11.1 Å². The summed E-state index contributed by atoms with van der Waals surface area (Å²) in [6.07, 6.45) is 0. The molecule has 0 atom stereocenters. The molecule has 98 valence electrons. The van der Waals surface area contributed by atoms with E-state index in [1.807, 2.05) is 18.2 Å². The highest BCUT2D eigenvalue weighted by Crippen LogP contribution is 2.27. The maximum Gasteiger partial charge on any atom is 0.257 e. The molecule has 2 aromatic rings. The number of nitrogens with one attached hydrogen (secondary N) is 1. The summed E-state index contributed by atoms with van der Waals surface area (Å²) < 4.78 is 2.49. The van der Waals surface area contributed by atoms with Crippen LogP contribution < -0.4 is 11.1 Å². The van der Waals surface area contributed by atoms with Crippen molar-refractivity contribution in [2.24, 2.45) is 0 Å². The van der Waals surface area contributed by atoms with Gasteiger partial charge in [0.15, 0.2) is 0 Å². The normalized spacial score (nSPS) is 10.3. The van der Waals surface area contributed by atoms with Gasteiger partial charge in [0.25, 0.3) is 5.91 Å². The number of nitrogens with two attached hydrogens (primary N) is 1. The zero-order chi connectivity index (χ0) is 14.0. The first-order chi connectivity index (χ1) is 8.97. The Morgan fingerprint density at radius 3 is 2.37 bits per heavy atom. The minimum absolute atomic E-state index is 0.252. The van der Waals surface area contributed by atoms with Crippen LogP contribution in [0.25, 0.3) is 0 Å². The summed E-state index contributed by atoms with van der Waals surface area (Å²) in [4.78, 5) is 12.2. The number of rotatable bonds is 2. The van der Waals surface area contributed by atoms with Gasteiger partial charge in [-0.05, 0) is 52.3 Å². The molecule has 3 nitrogen and oxygen atoms in total. The number of carbonyl (C=O) groups excluding carboxylic acids is 1. The molecule has 1 amide bonds. The highest BCUT2D eigenvalue weighted by atomic mass is 79.9. The maximum atomic E-state index is 12.2. The number of carbonyl (C=O) groups is 1. The lowest BCUT2D eigenvalue weighted by molar-refractivity contribution is 0.102. The summed E-state index contributed by atoms with van der Waals surface area (Å²) in [6.45, 7) is 0. The Kier molecular flexibility index (Phi) is 4.65. The van der Waals surface area contributed by atoms with Crippen LogP contribution in [0.4, 0.5) is 11.4 Å². The van der Waals surface area contributed by atoms with Gasteiger partial charge in [0.1, 0.15) is 0 Å². The first kappa shape index (κ1) is 14.6. The number of anilines is 2. The molecule has 0 aliphatic carbocycles. The van der Waals surface area contributed by atoms with E-state index in [2.05, 4.69) is 53.1 Å². The van der Waals surface area contributed by atoms with Crippen molar-refractivity contribution in [3.63, 3.8) is 0 Å². The topological polar surface area (TPSA) is 55.1 Å². The number of amides is 1. The summed E-state index contributed by atoms with van der Waals surface area (Å²) >= 11 is 10.1. The van der Waals surface area contributed by atoms with Crippen molar-refractivity contribution in [3.8, 4) is 0 Å². The second-order valence-electron chi connectivity index (χ2n) is 3.81. The van der Waals surface area contributed by atoms with E-state index in [0.717, 1.165) is 13.4 Å². The zero-order valence-corrected chi connectivity index (χ0v) is 14.3. The van der Waals surface area contributed by atoms with Crippen LogP contribution in [0.3, 0.4) is 0 Å². The molecular weight excluding hydrogens is 440 g/mol. The number of hydrogen-bond donors (Lipinski definition) is 2. The van der Waals surface area contributed by atoms with Crippen LogP contribution in [0.15, 0.2) is 49.8 Å². The SMILES string of the molecule is Nc1ccc(Br)cc1C(=O)Nc1cc(Br)ccc1Br. The largest absolute Gasteiger partial charge is 0.398 e. The van der Waals surface area contributed by atoms with Gasteiger partial charge in [-0.1, -0.05) is 31.9 Å². The zero-order valence-electron chi connectivity index (χ0n) is 9.58. The van der Waals surface area contributed by atoms with Gasteiger partial charge >= 0.3 is 0 Å². The van der Waals surface area contributed by atoms with E-state index in [0.29, 0.717) is 16.9 Å². The third kappa shape index (κ3) is 3.58. The molecule has 2 aromatic carbocycles. The molecule has 19 heavy (non-hydrogen) atoms. The quantitative estimate of drug-likeness (QED) is 0.648. The summed E-state index contributed by atoms with van der Waals surface area (Å²) in [7, 11) is 0. The highest BCUT2D eigenvalue weighted by molar-refractivity contribution is 9.11. The molecule has 0 saturated heterocycles. The van der Waals surface area contributed by atoms with Gasteiger partial charge in [-0.25, -0.2) is 0 Å². The van der Waals surface area contributed by atoms with E-state index < -0.39 is 0 Å². The van der Waals surface area contributed by atoms with Crippen LogP contribution in [0, 0.1) is 0 Å². The van der Waals surface area contributed by atoms with Crippen LogP contribution in [0.5, 0.6) is 0 Å². The van der Waals surface area contributed by atoms with Crippen molar-refractivity contribution in [1.82, 2.24) is 0 Å². The van der Waals surface area contributed by atoms with Gasteiger partial charge in [-0.15, -0.1) is 0 Å². The van der Waals surface area contributed by atoms with Crippen LogP contribution in [-0.2, 0) is 0 Å². The molecule has 0 spiro atoms. The van der Waals surface area contributed by atoms with Crippen LogP contribution in [0.2, 0.25) is 0 Å². The lowest BCUT2D eigenvalue weighted by atomic mass is 10.1. The van der Waals surface area contributed by atoms with Crippen LogP contribution in [-0.4, -0.2) is 5.91 Å². The summed E-state index contributed by atoms with van der Waals surface area (Å²) in [5.41, 5.74) is 7.36. The lowest BCUT2D eigenvalue weighted by Gasteiger charge is -2.10. The van der Waals surface area contributed by atoms with Crippen molar-refractivity contribution < 1.29 is 4.79 Å².